The second kappa shape index (κ2) is 18.6. The number of nitrogens with one attached hydrogen (secondary N) is 1. The highest BCUT2D eigenvalue weighted by atomic mass is 32.2. The molecule has 1 aliphatic rings. The minimum Gasteiger partial charge on any atom is -0.378 e. The Labute approximate surface area is 227 Å². The summed E-state index contributed by atoms with van der Waals surface area (Å²) in [6, 6.07) is 8.26. The quantitative estimate of drug-likeness (QED) is 0.0880. The van der Waals surface area contributed by atoms with Gasteiger partial charge in [-0.25, -0.2) is 13.2 Å². The molecule has 1 aliphatic heterocycles. The lowest BCUT2D eigenvalue weighted by atomic mass is 10.0. The van der Waals surface area contributed by atoms with E-state index in [1.165, 1.54) is 76.2 Å². The monoisotopic (exact) mass is 535 g/mol. The molecule has 1 aromatic rings. The first kappa shape index (κ1) is 31.6. The van der Waals surface area contributed by atoms with Gasteiger partial charge < -0.3 is 9.64 Å². The molecule has 0 unspecified atom stereocenters. The van der Waals surface area contributed by atoms with E-state index in [0.717, 1.165) is 18.4 Å². The molecule has 0 bridgehead atoms. The fourth-order valence-electron chi connectivity index (χ4n) is 4.76. The van der Waals surface area contributed by atoms with Crippen LogP contribution in [0.5, 0.6) is 0 Å². The minimum absolute atomic E-state index is 0.122. The third-order valence-electron chi connectivity index (χ3n) is 7.20. The van der Waals surface area contributed by atoms with Crippen molar-refractivity contribution in [3.63, 3.8) is 0 Å². The lowest BCUT2D eigenvalue weighted by Crippen LogP contribution is -2.42. The highest BCUT2D eigenvalue weighted by Crippen LogP contribution is 2.17. The molecule has 2 rings (SSSR count). The van der Waals surface area contributed by atoms with E-state index >= 15 is 0 Å². The Morgan fingerprint density at radius 1 is 0.838 bits per heavy atom. The maximum atomic E-state index is 12.6. The van der Waals surface area contributed by atoms with Crippen LogP contribution < -0.4 is 4.83 Å². The van der Waals surface area contributed by atoms with Gasteiger partial charge in [0, 0.05) is 18.7 Å². The van der Waals surface area contributed by atoms with E-state index < -0.39 is 10.0 Å². The van der Waals surface area contributed by atoms with E-state index in [9.17, 15) is 8.42 Å². The number of unbranched alkanes of at least 4 members (excludes halogenated alkanes) is 13. The summed E-state index contributed by atoms with van der Waals surface area (Å²) in [7, 11) is -3.46. The Kier molecular flexibility index (Phi) is 15.9. The largest absolute Gasteiger partial charge is 0.378 e. The van der Waals surface area contributed by atoms with Crippen LogP contribution >= 0.6 is 0 Å². The van der Waals surface area contributed by atoms with Gasteiger partial charge in [0.2, 0.25) is 10.0 Å². The van der Waals surface area contributed by atoms with Gasteiger partial charge in [0.15, 0.2) is 5.84 Å². The number of hydrogen-bond acceptors (Lipinski definition) is 4. The lowest BCUT2D eigenvalue weighted by Gasteiger charge is -2.30. The molecule has 0 amide bonds. The van der Waals surface area contributed by atoms with E-state index in [2.05, 4.69) is 47.7 Å². The van der Waals surface area contributed by atoms with Gasteiger partial charge in [-0.3, -0.25) is 0 Å². The molecule has 0 atom stereocenters. The summed E-state index contributed by atoms with van der Waals surface area (Å²) in [4.78, 5) is 4.62. The molecule has 7 heteroatoms. The number of amidine groups is 1. The number of hydrogen-bond donors (Lipinski definition) is 1. The molecular weight excluding hydrogens is 482 g/mol. The zero-order valence-electron chi connectivity index (χ0n) is 23.8. The molecule has 0 aromatic heterocycles. The zero-order chi connectivity index (χ0) is 26.8. The van der Waals surface area contributed by atoms with E-state index in [0.29, 0.717) is 44.5 Å². The molecule has 0 spiro atoms. The Morgan fingerprint density at radius 3 is 1.81 bits per heavy atom. The summed E-state index contributed by atoms with van der Waals surface area (Å²) < 4.78 is 30.8. The van der Waals surface area contributed by atoms with Crippen LogP contribution in [0.25, 0.3) is 0 Å². The van der Waals surface area contributed by atoms with Crippen LogP contribution in [-0.4, -0.2) is 51.2 Å². The number of morpholine rings is 1. The van der Waals surface area contributed by atoms with Crippen LogP contribution in [0.3, 0.4) is 0 Å². The minimum atomic E-state index is -3.46. The summed E-state index contributed by atoms with van der Waals surface area (Å²) in [5.74, 6) is 1.24. The first-order valence-corrected chi connectivity index (χ1v) is 16.6. The molecule has 1 fully saturated rings. The van der Waals surface area contributed by atoms with E-state index in [1.807, 2.05) is 12.1 Å². The molecule has 1 N–H and O–H groups in total. The van der Waals surface area contributed by atoms with E-state index in [-0.39, 0.29) is 5.75 Å². The van der Waals surface area contributed by atoms with E-state index in [1.54, 1.807) is 0 Å². The summed E-state index contributed by atoms with van der Waals surface area (Å²) in [5, 5.41) is 4.40. The second-order valence-corrected chi connectivity index (χ2v) is 12.6. The van der Waals surface area contributed by atoms with Gasteiger partial charge in [-0.2, -0.15) is 0 Å². The standard InChI is InChI=1S/C30H53N3O3S/c1-4-5-6-7-8-9-10-11-12-13-14-15-16-17-26-37(34,35)32-31-30(33-22-24-36-25-23-33)29-20-18-28(19-21-29)27(2)3/h18-21,27,32H,4-17,22-26H2,1-3H3/b31-30+. The maximum Gasteiger partial charge on any atom is 0.247 e. The van der Waals surface area contributed by atoms with Crippen LogP contribution in [0.2, 0.25) is 0 Å². The first-order chi connectivity index (χ1) is 17.9. The van der Waals surface area contributed by atoms with Gasteiger partial charge in [-0.05, 0) is 17.9 Å². The van der Waals surface area contributed by atoms with Crippen molar-refractivity contribution in [3.05, 3.63) is 35.4 Å². The first-order valence-electron chi connectivity index (χ1n) is 14.9. The average Bonchev–Trinajstić information content (AvgIpc) is 2.90. The number of sulfonamides is 1. The van der Waals surface area contributed by atoms with Gasteiger partial charge in [0.05, 0.1) is 19.0 Å². The number of rotatable bonds is 19. The van der Waals surface area contributed by atoms with Crippen molar-refractivity contribution < 1.29 is 13.2 Å². The van der Waals surface area contributed by atoms with Gasteiger partial charge in [0.1, 0.15) is 0 Å². The Bertz CT molecular complexity index is 847. The number of benzene rings is 1. The molecular formula is C30H53N3O3S. The molecule has 0 radical (unpaired) electrons. The van der Waals surface area contributed by atoms with Crippen LogP contribution in [0.4, 0.5) is 0 Å². The molecule has 1 heterocycles. The van der Waals surface area contributed by atoms with Gasteiger partial charge in [-0.15, -0.1) is 5.10 Å². The smallest absolute Gasteiger partial charge is 0.247 e. The van der Waals surface area contributed by atoms with Crippen LogP contribution in [0.1, 0.15) is 128 Å². The molecule has 6 nitrogen and oxygen atoms in total. The Hall–Kier alpha value is -1.60. The van der Waals surface area contributed by atoms with Crippen molar-refractivity contribution in [2.24, 2.45) is 5.10 Å². The highest BCUT2D eigenvalue weighted by Gasteiger charge is 2.19. The van der Waals surface area contributed by atoms with Gasteiger partial charge in [-0.1, -0.05) is 129 Å². The molecule has 37 heavy (non-hydrogen) atoms. The molecule has 0 saturated carbocycles. The summed E-state index contributed by atoms with van der Waals surface area (Å²) >= 11 is 0. The Balaban J connectivity index is 1.68. The topological polar surface area (TPSA) is 71.0 Å². The Morgan fingerprint density at radius 2 is 1.32 bits per heavy atom. The van der Waals surface area contributed by atoms with Crippen molar-refractivity contribution in [1.29, 1.82) is 0 Å². The number of hydrazone groups is 1. The van der Waals surface area contributed by atoms with Crippen LogP contribution in [0.15, 0.2) is 29.4 Å². The predicted molar refractivity (Wildman–Crippen MR) is 157 cm³/mol. The summed E-state index contributed by atoms with van der Waals surface area (Å²) in [5.41, 5.74) is 2.17. The average molecular weight is 536 g/mol. The summed E-state index contributed by atoms with van der Waals surface area (Å²) in [6.07, 6.45) is 17.5. The SMILES string of the molecule is CCCCCCCCCCCCCCCCS(=O)(=O)N/N=C(\c1ccc(C(C)C)cc1)N1CCOCC1. The third-order valence-corrected chi connectivity index (χ3v) is 8.40. The van der Waals surface area contributed by atoms with Crippen molar-refractivity contribution in [1.82, 2.24) is 9.73 Å². The van der Waals surface area contributed by atoms with Crippen LogP contribution in [-0.2, 0) is 14.8 Å². The molecule has 0 aliphatic carbocycles. The fraction of sp³-hybridized carbons (Fsp3) is 0.767. The third kappa shape index (κ3) is 13.7. The molecule has 1 aromatic carbocycles. The highest BCUT2D eigenvalue weighted by molar-refractivity contribution is 7.89. The van der Waals surface area contributed by atoms with Crippen molar-refractivity contribution >= 4 is 15.9 Å². The zero-order valence-corrected chi connectivity index (χ0v) is 24.7. The number of ether oxygens (including phenoxy) is 1. The fourth-order valence-corrected chi connectivity index (χ4v) is 5.66. The van der Waals surface area contributed by atoms with E-state index in [4.69, 9.17) is 4.74 Å². The predicted octanol–water partition coefficient (Wildman–Crippen LogP) is 7.20. The molecule has 212 valence electrons. The van der Waals surface area contributed by atoms with Crippen molar-refractivity contribution in [2.75, 3.05) is 32.1 Å². The lowest BCUT2D eigenvalue weighted by molar-refractivity contribution is 0.0681. The summed E-state index contributed by atoms with van der Waals surface area (Å²) in [6.45, 7) is 9.23. The van der Waals surface area contributed by atoms with Gasteiger partial charge >= 0.3 is 0 Å². The van der Waals surface area contributed by atoms with Crippen molar-refractivity contribution in [2.45, 2.75) is 117 Å². The van der Waals surface area contributed by atoms with Gasteiger partial charge in [0.25, 0.3) is 0 Å². The molecule has 1 saturated heterocycles. The second-order valence-electron chi connectivity index (χ2n) is 10.8. The maximum absolute atomic E-state index is 12.6. The number of nitrogens with zero attached hydrogens (tertiary/aromatic N) is 2. The normalized spacial score (nSPS) is 14.9. The van der Waals surface area contributed by atoms with Crippen molar-refractivity contribution in [3.8, 4) is 0 Å². The van der Waals surface area contributed by atoms with Crippen LogP contribution in [0, 0.1) is 0 Å².